The van der Waals surface area contributed by atoms with Gasteiger partial charge in [0.25, 0.3) is 0 Å². The van der Waals surface area contributed by atoms with Crippen molar-refractivity contribution in [1.82, 2.24) is 0 Å². The third-order valence-electron chi connectivity index (χ3n) is 6.49. The molecule has 236 valence electrons. The molecule has 11 heteroatoms. The van der Waals surface area contributed by atoms with Gasteiger partial charge in [-0.25, -0.2) is 14.4 Å². The van der Waals surface area contributed by atoms with Crippen molar-refractivity contribution in [3.05, 3.63) is 120 Å². The first kappa shape index (κ1) is 34.0. The Morgan fingerprint density at radius 3 is 1.64 bits per heavy atom. The molecule has 45 heavy (non-hydrogen) atoms. The van der Waals surface area contributed by atoms with E-state index in [-0.39, 0.29) is 16.7 Å². The molecule has 0 aliphatic carbocycles. The molecule has 4 rings (SSSR count). The van der Waals surface area contributed by atoms with Crippen molar-refractivity contribution in [2.45, 2.75) is 55.4 Å². The van der Waals surface area contributed by atoms with Gasteiger partial charge in [0.15, 0.2) is 18.3 Å². The molecule has 0 radical (unpaired) electrons. The molecule has 1 heterocycles. The second-order valence-electron chi connectivity index (χ2n) is 10.9. The number of nitrogens with zero attached hydrogens (tertiary/aromatic N) is 1. The van der Waals surface area contributed by atoms with Gasteiger partial charge in [0.2, 0.25) is 0 Å². The highest BCUT2D eigenvalue weighted by molar-refractivity contribution is 7.99. The first-order chi connectivity index (χ1) is 21.6. The Kier molecular flexibility index (Phi) is 12.0. The lowest BCUT2D eigenvalue weighted by Gasteiger charge is -2.43. The van der Waals surface area contributed by atoms with Crippen LogP contribution in [0.25, 0.3) is 0 Å². The lowest BCUT2D eigenvalue weighted by atomic mass is 9.99. The van der Waals surface area contributed by atoms with E-state index in [0.29, 0.717) is 5.75 Å². The van der Waals surface area contributed by atoms with Crippen LogP contribution in [0.3, 0.4) is 0 Å². The van der Waals surface area contributed by atoms with Gasteiger partial charge >= 0.3 is 17.9 Å². The fraction of sp³-hybridized carbons (Fsp3) is 0.294. The fourth-order valence-corrected chi connectivity index (χ4v) is 5.70. The zero-order valence-corrected chi connectivity index (χ0v) is 26.8. The Morgan fingerprint density at radius 1 is 0.800 bits per heavy atom. The average Bonchev–Trinajstić information content (AvgIpc) is 3.05. The van der Waals surface area contributed by atoms with E-state index in [4.69, 9.17) is 18.9 Å². The summed E-state index contributed by atoms with van der Waals surface area (Å²) in [6.45, 7) is 9.07. The summed E-state index contributed by atoms with van der Waals surface area (Å²) < 4.78 is 40.8. The summed E-state index contributed by atoms with van der Waals surface area (Å²) in [6, 6.07) is 24.9. The maximum absolute atomic E-state index is 13.5. The van der Waals surface area contributed by atoms with Gasteiger partial charge in [0.05, 0.1) is 22.9 Å². The van der Waals surface area contributed by atoms with E-state index in [1.807, 2.05) is 0 Å². The van der Waals surface area contributed by atoms with Gasteiger partial charge in [0, 0.05) is 5.75 Å². The van der Waals surface area contributed by atoms with Crippen LogP contribution in [0.1, 0.15) is 51.8 Å². The number of thioether (sulfide) groups is 1. The third kappa shape index (κ3) is 9.30. The van der Waals surface area contributed by atoms with Gasteiger partial charge in [-0.1, -0.05) is 65.1 Å². The molecule has 9 nitrogen and oxygen atoms in total. The summed E-state index contributed by atoms with van der Waals surface area (Å²) in [5, 5.41) is 0. The van der Waals surface area contributed by atoms with Crippen LogP contribution in [-0.4, -0.2) is 69.0 Å². The molecule has 0 N–H and O–H groups in total. The summed E-state index contributed by atoms with van der Waals surface area (Å²) in [5.41, 5.74) is -0.184. The molecule has 1 fully saturated rings. The number of carbonyl (C=O) groups excluding carboxylic acids is 3. The molecule has 1 aliphatic heterocycles. The Hall–Kier alpha value is -3.90. The first-order valence-electron chi connectivity index (χ1n) is 14.2. The van der Waals surface area contributed by atoms with Crippen LogP contribution in [0.4, 0.5) is 0 Å². The van der Waals surface area contributed by atoms with Gasteiger partial charge in [-0.3, -0.25) is 0 Å². The maximum atomic E-state index is 13.5. The van der Waals surface area contributed by atoms with Crippen LogP contribution < -0.4 is 0 Å². The third-order valence-corrected chi connectivity index (χ3v) is 8.99. The van der Waals surface area contributed by atoms with Crippen LogP contribution >= 0.6 is 11.8 Å². The molecular weight excluding hydrogens is 615 g/mol. The highest BCUT2D eigenvalue weighted by atomic mass is 32.2. The van der Waals surface area contributed by atoms with Crippen LogP contribution in [0, 0.1) is 0 Å². The maximum Gasteiger partial charge on any atom is 0.338 e. The number of carbonyl (C=O) groups is 3. The van der Waals surface area contributed by atoms with Gasteiger partial charge < -0.3 is 23.5 Å². The number of benzene rings is 3. The molecule has 0 aromatic heterocycles. The molecule has 6 atom stereocenters. The molecular formula is C34H35NO8S2. The SMILES string of the molecule is C=CCSC1OC(/C=N/[S@+]([O-])C(C)(C)C)C(OC(=O)c2ccccc2)C(OC(=O)c2ccccc2)C1OC(=O)c1ccccc1. The number of esters is 3. The topological polar surface area (TPSA) is 124 Å². The van der Waals surface area contributed by atoms with Crippen LogP contribution in [0.5, 0.6) is 0 Å². The molecule has 1 aliphatic rings. The van der Waals surface area contributed by atoms with Crippen molar-refractivity contribution in [3.63, 3.8) is 0 Å². The molecule has 5 unspecified atom stereocenters. The van der Waals surface area contributed by atoms with E-state index in [0.717, 1.165) is 0 Å². The monoisotopic (exact) mass is 649 g/mol. The second kappa shape index (κ2) is 15.9. The Bertz CT molecular complexity index is 1460. The second-order valence-corrected chi connectivity index (χ2v) is 14.0. The smallest absolute Gasteiger partial charge is 0.338 e. The molecule has 0 spiro atoms. The van der Waals surface area contributed by atoms with Crippen molar-refractivity contribution in [3.8, 4) is 0 Å². The van der Waals surface area contributed by atoms with E-state index in [1.54, 1.807) is 118 Å². The normalized spacial score (nSPS) is 22.3. The summed E-state index contributed by atoms with van der Waals surface area (Å²) in [6.07, 6.45) is -2.12. The molecule has 0 saturated carbocycles. The standard InChI is InChI=1S/C34H35NO8S2/c1-5-21-44-33-29(43-32(38)25-19-13-8-14-20-25)28(42-31(37)24-17-11-7-12-18-24)27(41-30(36)23-15-9-6-10-16-23)26(40-33)22-35-45(39)34(2,3)4/h5-20,22,26-29,33H,1,21H2,2-4H3/b35-22+/t26?,27?,28?,29?,33?,45-/m1/s1. The van der Waals surface area contributed by atoms with Gasteiger partial charge in [0.1, 0.15) is 27.6 Å². The summed E-state index contributed by atoms with van der Waals surface area (Å²) in [5.74, 6) is -1.77. The predicted molar refractivity (Wildman–Crippen MR) is 175 cm³/mol. The van der Waals surface area contributed by atoms with Crippen molar-refractivity contribution < 1.29 is 37.9 Å². The Morgan fingerprint density at radius 2 is 1.22 bits per heavy atom. The number of rotatable bonds is 11. The Balaban J connectivity index is 1.80. The van der Waals surface area contributed by atoms with Crippen LogP contribution in [-0.2, 0) is 30.3 Å². The van der Waals surface area contributed by atoms with Crippen molar-refractivity contribution in [2.24, 2.45) is 4.40 Å². The highest BCUT2D eigenvalue weighted by Crippen LogP contribution is 2.35. The number of ether oxygens (including phenoxy) is 4. The fourth-order valence-electron chi connectivity index (χ4n) is 4.22. The first-order valence-corrected chi connectivity index (χ1v) is 16.4. The quantitative estimate of drug-likeness (QED) is 0.0829. The molecule has 1 saturated heterocycles. The summed E-state index contributed by atoms with van der Waals surface area (Å²) in [7, 11) is 0. The van der Waals surface area contributed by atoms with E-state index < -0.39 is 63.9 Å². The van der Waals surface area contributed by atoms with Gasteiger partial charge in [-0.15, -0.1) is 18.3 Å². The van der Waals surface area contributed by atoms with Gasteiger partial charge in [-0.05, 0) is 57.2 Å². The van der Waals surface area contributed by atoms with Crippen molar-refractivity contribution in [1.29, 1.82) is 0 Å². The highest BCUT2D eigenvalue weighted by Gasteiger charge is 2.52. The lowest BCUT2D eigenvalue weighted by molar-refractivity contribution is -0.181. The van der Waals surface area contributed by atoms with Gasteiger partial charge in [-0.2, -0.15) is 0 Å². The summed E-state index contributed by atoms with van der Waals surface area (Å²) >= 11 is -0.437. The minimum atomic E-state index is -1.68. The van der Waals surface area contributed by atoms with E-state index in [9.17, 15) is 18.9 Å². The molecule has 3 aromatic carbocycles. The largest absolute Gasteiger partial charge is 0.591 e. The predicted octanol–water partition coefficient (Wildman–Crippen LogP) is 5.84. The summed E-state index contributed by atoms with van der Waals surface area (Å²) in [4.78, 5) is 40.3. The van der Waals surface area contributed by atoms with Crippen molar-refractivity contribution in [2.75, 3.05) is 5.75 Å². The minimum absolute atomic E-state index is 0.236. The average molecular weight is 650 g/mol. The van der Waals surface area contributed by atoms with E-state index >= 15 is 0 Å². The van der Waals surface area contributed by atoms with Crippen LogP contribution in [0.2, 0.25) is 0 Å². The van der Waals surface area contributed by atoms with Crippen molar-refractivity contribution >= 4 is 47.2 Å². The Labute approximate surface area is 270 Å². The zero-order chi connectivity index (χ0) is 32.4. The zero-order valence-electron chi connectivity index (χ0n) is 25.1. The van der Waals surface area contributed by atoms with Crippen LogP contribution in [0.15, 0.2) is 108 Å². The van der Waals surface area contributed by atoms with E-state index in [2.05, 4.69) is 11.0 Å². The lowest BCUT2D eigenvalue weighted by Crippen LogP contribution is -2.61. The minimum Gasteiger partial charge on any atom is -0.591 e. The number of hydrogen-bond acceptors (Lipinski definition) is 10. The number of hydrogen-bond donors (Lipinski definition) is 0. The van der Waals surface area contributed by atoms with E-state index in [1.165, 1.54) is 18.0 Å². The molecule has 3 aromatic rings. The molecule has 0 amide bonds. The molecule has 0 bridgehead atoms.